The van der Waals surface area contributed by atoms with Gasteiger partial charge in [0.05, 0.1) is 0 Å². The molecule has 0 rings (SSSR count). The molecule has 0 aliphatic rings. The fourth-order valence-electron chi connectivity index (χ4n) is 0.356. The fraction of sp³-hybridized carbons (Fsp3) is 0.400. The molecule has 9 heteroatoms. The molecule has 0 saturated carbocycles. The quantitative estimate of drug-likeness (QED) is 0.579. The Labute approximate surface area is 71.6 Å². The Morgan fingerprint density at radius 1 is 1.00 bits per heavy atom. The van der Waals surface area contributed by atoms with Crippen molar-refractivity contribution in [1.82, 2.24) is 0 Å². The van der Waals surface area contributed by atoms with Crippen LogP contribution >= 0.6 is 0 Å². The zero-order chi connectivity index (χ0) is 11.7. The predicted octanol–water partition coefficient (Wildman–Crippen LogP) is 2.42. The van der Waals surface area contributed by atoms with E-state index in [0.717, 1.165) is 0 Å². The maximum Gasteiger partial charge on any atom is 0.460 e. The van der Waals surface area contributed by atoms with Gasteiger partial charge in [0.1, 0.15) is 0 Å². The van der Waals surface area contributed by atoms with Crippen molar-refractivity contribution in [2.75, 3.05) is 0 Å². The summed E-state index contributed by atoms with van der Waals surface area (Å²) in [5, 5.41) is 7.61. The predicted molar refractivity (Wildman–Crippen MR) is 27.9 cm³/mol. The lowest BCUT2D eigenvalue weighted by Gasteiger charge is -2.17. The minimum absolute atomic E-state index is 2.84. The van der Waals surface area contributed by atoms with Gasteiger partial charge in [-0.15, -0.1) is 0 Å². The second-order valence-electron chi connectivity index (χ2n) is 2.01. The van der Waals surface area contributed by atoms with E-state index in [2.05, 4.69) is 0 Å². The van der Waals surface area contributed by atoms with Crippen molar-refractivity contribution in [3.8, 4) is 0 Å². The van der Waals surface area contributed by atoms with Crippen LogP contribution in [0.3, 0.4) is 0 Å². The van der Waals surface area contributed by atoms with Gasteiger partial charge < -0.3 is 5.11 Å². The van der Waals surface area contributed by atoms with Gasteiger partial charge in [-0.1, -0.05) is 0 Å². The maximum absolute atomic E-state index is 12.0. The van der Waals surface area contributed by atoms with Gasteiger partial charge >= 0.3 is 18.1 Å². The van der Waals surface area contributed by atoms with E-state index in [1.807, 2.05) is 0 Å². The van der Waals surface area contributed by atoms with Crippen molar-refractivity contribution in [2.45, 2.75) is 12.1 Å². The van der Waals surface area contributed by atoms with E-state index in [4.69, 9.17) is 5.11 Å². The van der Waals surface area contributed by atoms with Crippen molar-refractivity contribution in [1.29, 1.82) is 0 Å². The number of aliphatic carboxylic acids is 1. The highest BCUT2D eigenvalue weighted by Crippen LogP contribution is 2.42. The van der Waals surface area contributed by atoms with Gasteiger partial charge in [0, 0.05) is 0 Å². The van der Waals surface area contributed by atoms with Crippen LogP contribution < -0.4 is 0 Å². The first kappa shape index (κ1) is 12.7. The summed E-state index contributed by atoms with van der Waals surface area (Å²) in [6.07, 6.45) is -6.39. The molecule has 0 heterocycles. The second-order valence-corrected chi connectivity index (χ2v) is 2.01. The SMILES string of the molecule is O=C(O)/C(F)=C(\F)C(F)(F)C(F)(F)F. The lowest BCUT2D eigenvalue weighted by Crippen LogP contribution is -2.38. The highest BCUT2D eigenvalue weighted by molar-refractivity contribution is 5.84. The van der Waals surface area contributed by atoms with E-state index in [9.17, 15) is 35.5 Å². The maximum atomic E-state index is 12.0. The van der Waals surface area contributed by atoms with Crippen LogP contribution in [-0.2, 0) is 4.79 Å². The summed E-state index contributed by atoms with van der Waals surface area (Å²) in [6.45, 7) is 0. The summed E-state index contributed by atoms with van der Waals surface area (Å²) < 4.78 is 81.6. The Bertz CT molecular complexity index is 276. The van der Waals surface area contributed by atoms with Gasteiger partial charge in [-0.25, -0.2) is 9.18 Å². The molecule has 0 fully saturated rings. The molecule has 1 N–H and O–H groups in total. The van der Waals surface area contributed by atoms with Gasteiger partial charge in [-0.05, 0) is 0 Å². The summed E-state index contributed by atoms with van der Waals surface area (Å²) in [5.41, 5.74) is 0. The number of halogens is 7. The van der Waals surface area contributed by atoms with Crippen molar-refractivity contribution >= 4 is 5.97 Å². The summed E-state index contributed by atoms with van der Waals surface area (Å²) in [7, 11) is 0. The Balaban J connectivity index is 5.33. The molecular weight excluding hydrogens is 225 g/mol. The van der Waals surface area contributed by atoms with Crippen molar-refractivity contribution < 1.29 is 40.6 Å². The molecule has 0 spiro atoms. The van der Waals surface area contributed by atoms with Crippen LogP contribution in [0.1, 0.15) is 0 Å². The Morgan fingerprint density at radius 2 is 1.36 bits per heavy atom. The topological polar surface area (TPSA) is 37.3 Å². The Kier molecular flexibility index (Phi) is 3.15. The average molecular weight is 226 g/mol. The monoisotopic (exact) mass is 226 g/mol. The third-order valence-corrected chi connectivity index (χ3v) is 1.01. The van der Waals surface area contributed by atoms with Crippen LogP contribution in [0.5, 0.6) is 0 Å². The third-order valence-electron chi connectivity index (χ3n) is 1.01. The third kappa shape index (κ3) is 2.15. The molecule has 82 valence electrons. The smallest absolute Gasteiger partial charge is 0.460 e. The standard InChI is InChI=1S/C5HF7O2/c6-1(3(13)14)2(7)4(8,9)5(10,11)12/h(H,13,14)/b2-1+. The number of alkyl halides is 5. The van der Waals surface area contributed by atoms with E-state index in [1.165, 1.54) is 0 Å². The summed E-state index contributed by atoms with van der Waals surface area (Å²) in [6, 6.07) is 0. The van der Waals surface area contributed by atoms with Crippen LogP contribution in [0.2, 0.25) is 0 Å². The van der Waals surface area contributed by atoms with Gasteiger partial charge in [0.2, 0.25) is 11.7 Å². The molecule has 0 aliphatic carbocycles. The number of carbonyl (C=O) groups is 1. The highest BCUT2D eigenvalue weighted by atomic mass is 19.4. The zero-order valence-corrected chi connectivity index (χ0v) is 6.00. The van der Waals surface area contributed by atoms with E-state index in [1.54, 1.807) is 0 Å². The molecule has 0 aliphatic heterocycles. The van der Waals surface area contributed by atoms with Crippen LogP contribution in [-0.4, -0.2) is 23.2 Å². The highest BCUT2D eigenvalue weighted by Gasteiger charge is 2.63. The molecule has 14 heavy (non-hydrogen) atoms. The molecule has 0 aromatic rings. The molecule has 0 aromatic carbocycles. The van der Waals surface area contributed by atoms with Gasteiger partial charge in [-0.2, -0.15) is 26.3 Å². The molecule has 0 saturated heterocycles. The van der Waals surface area contributed by atoms with Gasteiger partial charge in [0.15, 0.2) is 0 Å². The van der Waals surface area contributed by atoms with Crippen LogP contribution in [0.4, 0.5) is 30.7 Å². The van der Waals surface area contributed by atoms with E-state index in [0.29, 0.717) is 0 Å². The minimum atomic E-state index is -6.39. The summed E-state index contributed by atoms with van der Waals surface area (Å²) >= 11 is 0. The lowest BCUT2D eigenvalue weighted by atomic mass is 10.2. The van der Waals surface area contributed by atoms with Crippen molar-refractivity contribution in [3.63, 3.8) is 0 Å². The van der Waals surface area contributed by atoms with Crippen LogP contribution in [0, 0.1) is 0 Å². The first-order valence-electron chi connectivity index (χ1n) is 2.75. The van der Waals surface area contributed by atoms with E-state index in [-0.39, 0.29) is 0 Å². The average Bonchev–Trinajstić information content (AvgIpc) is 1.99. The molecule has 0 aromatic heterocycles. The lowest BCUT2D eigenvalue weighted by molar-refractivity contribution is -0.271. The molecule has 0 bridgehead atoms. The minimum Gasteiger partial charge on any atom is -0.476 e. The molecule has 0 unspecified atom stereocenters. The summed E-state index contributed by atoms with van der Waals surface area (Å²) in [4.78, 5) is 9.54. The van der Waals surface area contributed by atoms with Crippen LogP contribution in [0.25, 0.3) is 0 Å². The normalized spacial score (nSPS) is 15.1. The van der Waals surface area contributed by atoms with Crippen molar-refractivity contribution in [2.24, 2.45) is 0 Å². The Morgan fingerprint density at radius 3 is 1.57 bits per heavy atom. The van der Waals surface area contributed by atoms with E-state index >= 15 is 0 Å². The Hall–Kier alpha value is -1.28. The molecule has 0 atom stereocenters. The summed E-state index contributed by atoms with van der Waals surface area (Å²) in [5.74, 6) is -15.8. The first-order valence-corrected chi connectivity index (χ1v) is 2.75. The second kappa shape index (κ2) is 3.46. The molecule has 0 amide bonds. The number of carboxylic acids is 1. The number of rotatable bonds is 2. The van der Waals surface area contributed by atoms with Crippen LogP contribution in [0.15, 0.2) is 11.7 Å². The largest absolute Gasteiger partial charge is 0.476 e. The number of allylic oxidation sites excluding steroid dienone is 1. The number of hydrogen-bond donors (Lipinski definition) is 1. The number of hydrogen-bond acceptors (Lipinski definition) is 1. The van der Waals surface area contributed by atoms with E-state index < -0.39 is 29.7 Å². The molecule has 0 radical (unpaired) electrons. The number of carboxylic acid groups (broad SMARTS) is 1. The zero-order valence-electron chi connectivity index (χ0n) is 6.00. The van der Waals surface area contributed by atoms with Gasteiger partial charge in [-0.3, -0.25) is 0 Å². The first-order chi connectivity index (χ1) is 6.01. The molecular formula is C5HF7O2. The van der Waals surface area contributed by atoms with Crippen molar-refractivity contribution in [3.05, 3.63) is 11.7 Å². The molecule has 2 nitrogen and oxygen atoms in total. The van der Waals surface area contributed by atoms with Gasteiger partial charge in [0.25, 0.3) is 0 Å². The fourth-order valence-corrected chi connectivity index (χ4v) is 0.356.